The van der Waals surface area contributed by atoms with E-state index in [2.05, 4.69) is 15.9 Å². The topological polar surface area (TPSA) is 74.7 Å². The van der Waals surface area contributed by atoms with Gasteiger partial charge in [0, 0.05) is 17.1 Å². The standard InChI is InChI=1S/C14H18BrNO4S/c1-3-6-16(11-4-5-11)21(19,20)13-8-10(14(17)18)7-12(15)9(13)2/h7-8,11H,3-6H2,1-2H3,(H,17,18). The first kappa shape index (κ1) is 16.5. The summed E-state index contributed by atoms with van der Waals surface area (Å²) < 4.78 is 27.7. The molecule has 1 saturated carbocycles. The SMILES string of the molecule is CCCN(C1CC1)S(=O)(=O)c1cc(C(=O)O)cc(Br)c1C. The molecule has 116 valence electrons. The van der Waals surface area contributed by atoms with E-state index in [0.29, 0.717) is 16.6 Å². The Balaban J connectivity index is 2.55. The highest BCUT2D eigenvalue weighted by molar-refractivity contribution is 9.10. The molecule has 21 heavy (non-hydrogen) atoms. The fourth-order valence-corrected chi connectivity index (χ4v) is 4.90. The lowest BCUT2D eigenvalue weighted by Gasteiger charge is -2.23. The van der Waals surface area contributed by atoms with Gasteiger partial charge in [0.15, 0.2) is 0 Å². The van der Waals surface area contributed by atoms with Crippen molar-refractivity contribution in [3.63, 3.8) is 0 Å². The predicted molar refractivity (Wildman–Crippen MR) is 83.0 cm³/mol. The Hall–Kier alpha value is -0.920. The molecule has 0 heterocycles. The lowest BCUT2D eigenvalue weighted by atomic mass is 10.1. The zero-order valence-electron chi connectivity index (χ0n) is 12.0. The molecule has 0 unspecified atom stereocenters. The number of rotatable bonds is 6. The molecule has 5 nitrogen and oxygen atoms in total. The maximum absolute atomic E-state index is 12.9. The molecule has 0 aliphatic heterocycles. The second kappa shape index (κ2) is 6.06. The van der Waals surface area contributed by atoms with Crippen molar-refractivity contribution in [3.8, 4) is 0 Å². The van der Waals surface area contributed by atoms with Crippen LogP contribution in [0.1, 0.15) is 42.1 Å². The van der Waals surface area contributed by atoms with Crippen molar-refractivity contribution in [3.05, 3.63) is 27.7 Å². The number of carbonyl (C=O) groups is 1. The van der Waals surface area contributed by atoms with Gasteiger partial charge >= 0.3 is 5.97 Å². The number of nitrogens with zero attached hydrogens (tertiary/aromatic N) is 1. The second-order valence-electron chi connectivity index (χ2n) is 5.23. The van der Waals surface area contributed by atoms with Crippen LogP contribution in [0.4, 0.5) is 0 Å². The lowest BCUT2D eigenvalue weighted by molar-refractivity contribution is 0.0696. The van der Waals surface area contributed by atoms with E-state index in [1.165, 1.54) is 16.4 Å². The molecule has 0 atom stereocenters. The van der Waals surface area contributed by atoms with E-state index in [9.17, 15) is 13.2 Å². The van der Waals surface area contributed by atoms with Gasteiger partial charge < -0.3 is 5.11 Å². The molecule has 1 aliphatic carbocycles. The van der Waals surface area contributed by atoms with E-state index >= 15 is 0 Å². The number of hydrogen-bond acceptors (Lipinski definition) is 3. The Morgan fingerprint density at radius 3 is 2.52 bits per heavy atom. The number of halogens is 1. The smallest absolute Gasteiger partial charge is 0.335 e. The number of carboxylic acid groups (broad SMARTS) is 1. The molecule has 0 saturated heterocycles. The van der Waals surface area contributed by atoms with Crippen molar-refractivity contribution in [1.82, 2.24) is 4.31 Å². The minimum atomic E-state index is -3.67. The third kappa shape index (κ3) is 3.30. The van der Waals surface area contributed by atoms with Gasteiger partial charge in [-0.3, -0.25) is 0 Å². The van der Waals surface area contributed by atoms with E-state index in [4.69, 9.17) is 5.11 Å². The number of sulfonamides is 1. The molecular formula is C14H18BrNO4S. The number of aromatic carboxylic acids is 1. The first-order chi connectivity index (χ1) is 9.78. The van der Waals surface area contributed by atoms with E-state index in [1.807, 2.05) is 6.92 Å². The molecule has 0 aromatic heterocycles. The van der Waals surface area contributed by atoms with Gasteiger partial charge in [-0.2, -0.15) is 4.31 Å². The van der Waals surface area contributed by atoms with Gasteiger partial charge in [0.2, 0.25) is 10.0 Å². The Bertz CT molecular complexity index is 668. The van der Waals surface area contributed by atoms with Gasteiger partial charge in [0.05, 0.1) is 10.5 Å². The van der Waals surface area contributed by atoms with E-state index in [1.54, 1.807) is 6.92 Å². The van der Waals surface area contributed by atoms with Crippen LogP contribution in [-0.4, -0.2) is 36.4 Å². The van der Waals surface area contributed by atoms with Gasteiger partial charge in [-0.05, 0) is 43.9 Å². The first-order valence-corrected chi connectivity index (χ1v) is 9.07. The molecule has 0 radical (unpaired) electrons. The fourth-order valence-electron chi connectivity index (χ4n) is 2.25. The van der Waals surface area contributed by atoms with Crippen molar-refractivity contribution >= 4 is 31.9 Å². The molecular weight excluding hydrogens is 358 g/mol. The highest BCUT2D eigenvalue weighted by Crippen LogP contribution is 2.35. The maximum atomic E-state index is 12.9. The summed E-state index contributed by atoms with van der Waals surface area (Å²) in [6.07, 6.45) is 2.48. The molecule has 7 heteroatoms. The van der Waals surface area contributed by atoms with Gasteiger partial charge in [-0.15, -0.1) is 0 Å². The summed E-state index contributed by atoms with van der Waals surface area (Å²) in [4.78, 5) is 11.2. The summed E-state index contributed by atoms with van der Waals surface area (Å²) in [5.41, 5.74) is 0.514. The van der Waals surface area contributed by atoms with Gasteiger partial charge in [0.25, 0.3) is 0 Å². The molecule has 1 aromatic rings. The zero-order valence-corrected chi connectivity index (χ0v) is 14.4. The average molecular weight is 376 g/mol. The minimum Gasteiger partial charge on any atom is -0.478 e. The fraction of sp³-hybridized carbons (Fsp3) is 0.500. The molecule has 1 aromatic carbocycles. The van der Waals surface area contributed by atoms with E-state index in [0.717, 1.165) is 19.3 Å². The minimum absolute atomic E-state index is 0.0294. The summed E-state index contributed by atoms with van der Waals surface area (Å²) in [6.45, 7) is 4.07. The number of benzene rings is 1. The molecule has 2 rings (SSSR count). The summed E-state index contributed by atoms with van der Waals surface area (Å²) in [6, 6.07) is 2.74. The number of hydrogen-bond donors (Lipinski definition) is 1. The summed E-state index contributed by atoms with van der Waals surface area (Å²) in [5, 5.41) is 9.12. The largest absolute Gasteiger partial charge is 0.478 e. The predicted octanol–water partition coefficient (Wildman–Crippen LogP) is 3.02. The Morgan fingerprint density at radius 1 is 1.43 bits per heavy atom. The second-order valence-corrected chi connectivity index (χ2v) is 7.95. The third-order valence-electron chi connectivity index (χ3n) is 3.53. The van der Waals surface area contributed by atoms with Gasteiger partial charge in [0.1, 0.15) is 0 Å². The molecule has 0 bridgehead atoms. The van der Waals surface area contributed by atoms with Gasteiger partial charge in [-0.25, -0.2) is 13.2 Å². The number of carboxylic acids is 1. The van der Waals surface area contributed by atoms with Crippen molar-refractivity contribution in [1.29, 1.82) is 0 Å². The van der Waals surface area contributed by atoms with Crippen LogP contribution in [0.15, 0.2) is 21.5 Å². The van der Waals surface area contributed by atoms with Crippen molar-refractivity contribution in [2.75, 3.05) is 6.54 Å². The highest BCUT2D eigenvalue weighted by atomic mass is 79.9. The Morgan fingerprint density at radius 2 is 2.05 bits per heavy atom. The van der Waals surface area contributed by atoms with Crippen LogP contribution >= 0.6 is 15.9 Å². The van der Waals surface area contributed by atoms with E-state index in [-0.39, 0.29) is 16.5 Å². The van der Waals surface area contributed by atoms with Crippen LogP contribution in [0.5, 0.6) is 0 Å². The molecule has 0 amide bonds. The van der Waals surface area contributed by atoms with Crippen molar-refractivity contribution < 1.29 is 18.3 Å². The summed E-state index contributed by atoms with van der Waals surface area (Å²) in [5.74, 6) is -1.14. The van der Waals surface area contributed by atoms with Crippen molar-refractivity contribution in [2.45, 2.75) is 44.0 Å². The Kier molecular flexibility index (Phi) is 4.75. The van der Waals surface area contributed by atoms with Crippen LogP contribution in [0.25, 0.3) is 0 Å². The maximum Gasteiger partial charge on any atom is 0.335 e. The molecule has 0 spiro atoms. The average Bonchev–Trinajstić information content (AvgIpc) is 3.22. The quantitative estimate of drug-likeness (QED) is 0.828. The molecule has 1 aliphatic rings. The van der Waals surface area contributed by atoms with Crippen LogP contribution < -0.4 is 0 Å². The normalized spacial score (nSPS) is 15.4. The van der Waals surface area contributed by atoms with Gasteiger partial charge in [-0.1, -0.05) is 22.9 Å². The first-order valence-electron chi connectivity index (χ1n) is 6.84. The van der Waals surface area contributed by atoms with Crippen molar-refractivity contribution in [2.24, 2.45) is 0 Å². The Labute approximate surface area is 133 Å². The van der Waals surface area contributed by atoms with Crippen LogP contribution in [0.2, 0.25) is 0 Å². The van der Waals surface area contributed by atoms with E-state index < -0.39 is 16.0 Å². The monoisotopic (exact) mass is 375 g/mol. The van der Waals surface area contributed by atoms with Crippen LogP contribution in [-0.2, 0) is 10.0 Å². The zero-order chi connectivity index (χ0) is 15.8. The third-order valence-corrected chi connectivity index (χ3v) is 6.43. The highest BCUT2D eigenvalue weighted by Gasteiger charge is 2.38. The molecule has 1 fully saturated rings. The summed E-state index contributed by atoms with van der Waals surface area (Å²) in [7, 11) is -3.67. The van der Waals surface area contributed by atoms with Crippen LogP contribution in [0.3, 0.4) is 0 Å². The molecule has 1 N–H and O–H groups in total. The lowest BCUT2D eigenvalue weighted by Crippen LogP contribution is -2.34. The van der Waals surface area contributed by atoms with Crippen LogP contribution in [0, 0.1) is 6.92 Å². The summed E-state index contributed by atoms with van der Waals surface area (Å²) >= 11 is 3.25.